The summed E-state index contributed by atoms with van der Waals surface area (Å²) in [6.45, 7) is 5.86. The van der Waals surface area contributed by atoms with Crippen LogP contribution in [0.2, 0.25) is 0 Å². The Labute approximate surface area is 172 Å². The Balaban J connectivity index is 1.76. The van der Waals surface area contributed by atoms with Crippen molar-refractivity contribution in [3.8, 4) is 0 Å². The average Bonchev–Trinajstić information content (AvgIpc) is 2.76. The first kappa shape index (κ1) is 21.9. The number of halogens is 3. The Morgan fingerprint density at radius 1 is 1.07 bits per heavy atom. The molecule has 1 atom stereocenters. The average molecular weight is 427 g/mol. The first-order chi connectivity index (χ1) is 13.8. The lowest BCUT2D eigenvalue weighted by Crippen LogP contribution is -2.48. The van der Waals surface area contributed by atoms with Crippen molar-refractivity contribution >= 4 is 23.7 Å². The van der Waals surface area contributed by atoms with Crippen LogP contribution in [0, 0.1) is 0 Å². The van der Waals surface area contributed by atoms with E-state index in [1.807, 2.05) is 0 Å². The van der Waals surface area contributed by atoms with Gasteiger partial charge in [-0.1, -0.05) is 0 Å². The lowest BCUT2D eigenvalue weighted by Gasteiger charge is -2.27. The van der Waals surface area contributed by atoms with Gasteiger partial charge in [0.05, 0.1) is 11.3 Å². The molecule has 0 saturated carbocycles. The van der Waals surface area contributed by atoms with Gasteiger partial charge in [0.2, 0.25) is 0 Å². The Kier molecular flexibility index (Phi) is 5.46. The monoisotopic (exact) mass is 427 g/mol. The summed E-state index contributed by atoms with van der Waals surface area (Å²) >= 11 is 0. The Morgan fingerprint density at radius 3 is 2.27 bits per heavy atom. The second-order valence-corrected chi connectivity index (χ2v) is 8.52. The highest BCUT2D eigenvalue weighted by molar-refractivity contribution is 6.23. The molecule has 3 rings (SSSR count). The van der Waals surface area contributed by atoms with Crippen LogP contribution in [0.1, 0.15) is 45.6 Å². The Morgan fingerprint density at radius 2 is 1.70 bits per heavy atom. The molecule has 2 heterocycles. The van der Waals surface area contributed by atoms with E-state index < -0.39 is 40.9 Å². The maximum Gasteiger partial charge on any atom is 0.416 e. The molecule has 2 fully saturated rings. The highest BCUT2D eigenvalue weighted by atomic mass is 19.4. The van der Waals surface area contributed by atoms with Gasteiger partial charge in [0.15, 0.2) is 0 Å². The smallest absolute Gasteiger partial charge is 0.416 e. The van der Waals surface area contributed by atoms with Crippen LogP contribution < -0.4 is 10.2 Å². The van der Waals surface area contributed by atoms with Gasteiger partial charge in [-0.25, -0.2) is 14.5 Å². The third-order valence-electron chi connectivity index (χ3n) is 5.11. The first-order valence-corrected chi connectivity index (χ1v) is 9.64. The second-order valence-electron chi connectivity index (χ2n) is 8.52. The first-order valence-electron chi connectivity index (χ1n) is 9.64. The number of carbonyl (C=O) groups is 3. The van der Waals surface area contributed by atoms with Gasteiger partial charge in [-0.2, -0.15) is 13.2 Å². The summed E-state index contributed by atoms with van der Waals surface area (Å²) in [6, 6.07) is 3.17. The summed E-state index contributed by atoms with van der Waals surface area (Å²) in [7, 11) is 0. The predicted octanol–water partition coefficient (Wildman–Crippen LogP) is 3.92. The van der Waals surface area contributed by atoms with Crippen molar-refractivity contribution in [1.29, 1.82) is 0 Å². The van der Waals surface area contributed by atoms with E-state index in [2.05, 4.69) is 5.32 Å². The van der Waals surface area contributed by atoms with Crippen molar-refractivity contribution < 1.29 is 32.3 Å². The van der Waals surface area contributed by atoms with Crippen molar-refractivity contribution in [1.82, 2.24) is 10.2 Å². The molecule has 30 heavy (non-hydrogen) atoms. The summed E-state index contributed by atoms with van der Waals surface area (Å²) in [6.07, 6.45) is -4.03. The number of imide groups is 1. The molecule has 1 aromatic carbocycles. The van der Waals surface area contributed by atoms with Crippen LogP contribution in [0.4, 0.5) is 28.4 Å². The molecule has 1 spiro atoms. The largest absolute Gasteiger partial charge is 0.444 e. The van der Waals surface area contributed by atoms with E-state index >= 15 is 0 Å². The molecule has 4 amide bonds. The topological polar surface area (TPSA) is 79.0 Å². The lowest BCUT2D eigenvalue weighted by molar-refractivity contribution is -0.137. The maximum absolute atomic E-state index is 13.1. The summed E-state index contributed by atoms with van der Waals surface area (Å²) in [4.78, 5) is 40.3. The van der Waals surface area contributed by atoms with E-state index in [0.29, 0.717) is 19.4 Å². The van der Waals surface area contributed by atoms with E-state index in [4.69, 9.17) is 4.74 Å². The number of carbonyl (C=O) groups excluding carboxylic acids is 3. The van der Waals surface area contributed by atoms with Gasteiger partial charge in [-0.3, -0.25) is 4.79 Å². The van der Waals surface area contributed by atoms with Crippen LogP contribution in [-0.2, 0) is 15.7 Å². The number of hydrogen-bond acceptors (Lipinski definition) is 4. The van der Waals surface area contributed by atoms with Gasteiger partial charge in [0, 0.05) is 13.1 Å². The van der Waals surface area contributed by atoms with Crippen LogP contribution in [0.15, 0.2) is 24.3 Å². The van der Waals surface area contributed by atoms with E-state index in [0.717, 1.165) is 29.2 Å². The molecule has 2 aliphatic rings. The number of alkyl halides is 3. The fourth-order valence-corrected chi connectivity index (χ4v) is 3.64. The molecule has 0 unspecified atom stereocenters. The summed E-state index contributed by atoms with van der Waals surface area (Å²) in [5.74, 6) is -0.529. The number of ether oxygens (including phenoxy) is 1. The van der Waals surface area contributed by atoms with Crippen LogP contribution in [0.5, 0.6) is 0 Å². The van der Waals surface area contributed by atoms with Gasteiger partial charge in [-0.15, -0.1) is 0 Å². The molecule has 2 aliphatic heterocycles. The number of urea groups is 1. The van der Waals surface area contributed by atoms with E-state index in [1.54, 1.807) is 20.8 Å². The number of anilines is 1. The van der Waals surface area contributed by atoms with Crippen molar-refractivity contribution in [3.05, 3.63) is 29.8 Å². The number of hydrogen-bond donors (Lipinski definition) is 1. The fourth-order valence-electron chi connectivity index (χ4n) is 3.64. The molecule has 164 valence electrons. The van der Waals surface area contributed by atoms with Crippen molar-refractivity contribution in [2.24, 2.45) is 0 Å². The quantitative estimate of drug-likeness (QED) is 0.689. The summed E-state index contributed by atoms with van der Waals surface area (Å²) < 4.78 is 43.7. The highest BCUT2D eigenvalue weighted by Crippen LogP contribution is 2.35. The zero-order valence-electron chi connectivity index (χ0n) is 17.0. The van der Waals surface area contributed by atoms with E-state index in [1.165, 1.54) is 4.90 Å². The number of benzene rings is 1. The molecule has 0 aliphatic carbocycles. The van der Waals surface area contributed by atoms with Gasteiger partial charge in [-0.05, 0) is 64.3 Å². The Bertz CT molecular complexity index is 848. The molecular formula is C20H24F3N3O4. The van der Waals surface area contributed by atoms with Crippen molar-refractivity contribution in [2.75, 3.05) is 18.0 Å². The SMILES string of the molecule is CC(C)(C)OC(=O)N1CCC[C@]2(CC1)NC(=O)N(c1ccc(C(F)(F)F)cc1)C2=O. The molecule has 7 nitrogen and oxygen atoms in total. The zero-order chi connectivity index (χ0) is 22.3. The molecule has 0 aromatic heterocycles. The minimum atomic E-state index is -4.51. The van der Waals surface area contributed by atoms with Gasteiger partial charge in [0.1, 0.15) is 11.1 Å². The number of nitrogens with one attached hydrogen (secondary N) is 1. The maximum atomic E-state index is 13.1. The van der Waals surface area contributed by atoms with Crippen LogP contribution in [-0.4, -0.2) is 47.2 Å². The molecule has 0 radical (unpaired) electrons. The van der Waals surface area contributed by atoms with Gasteiger partial charge >= 0.3 is 18.3 Å². The minimum absolute atomic E-state index is 0.0654. The molecule has 1 aromatic rings. The predicted molar refractivity (Wildman–Crippen MR) is 102 cm³/mol. The summed E-state index contributed by atoms with van der Waals surface area (Å²) in [5.41, 5.74) is -2.65. The number of likely N-dealkylation sites (tertiary alicyclic amines) is 1. The van der Waals surface area contributed by atoms with Crippen molar-refractivity contribution in [3.63, 3.8) is 0 Å². The van der Waals surface area contributed by atoms with Crippen LogP contribution in [0.25, 0.3) is 0 Å². The third kappa shape index (κ3) is 4.36. The highest BCUT2D eigenvalue weighted by Gasteiger charge is 2.52. The normalized spacial score (nSPS) is 22.9. The fraction of sp³-hybridized carbons (Fsp3) is 0.550. The standard InChI is InChI=1S/C20H24F3N3O4/c1-18(2,3)30-17(29)25-11-4-9-19(10-12-25)15(27)26(16(28)24-19)14-7-5-13(6-8-14)20(21,22)23/h5-8H,4,9-12H2,1-3H3,(H,24,28)/t19-/m1/s1. The number of nitrogens with zero attached hydrogens (tertiary/aromatic N) is 2. The van der Waals surface area contributed by atoms with Crippen LogP contribution >= 0.6 is 0 Å². The minimum Gasteiger partial charge on any atom is -0.444 e. The molecule has 0 bridgehead atoms. The molecule has 1 N–H and O–H groups in total. The molecular weight excluding hydrogens is 403 g/mol. The third-order valence-corrected chi connectivity index (χ3v) is 5.11. The van der Waals surface area contributed by atoms with Crippen molar-refractivity contribution in [2.45, 2.75) is 57.3 Å². The van der Waals surface area contributed by atoms with E-state index in [-0.39, 0.29) is 18.7 Å². The zero-order valence-corrected chi connectivity index (χ0v) is 17.0. The summed E-state index contributed by atoms with van der Waals surface area (Å²) in [5, 5.41) is 2.70. The number of amides is 4. The van der Waals surface area contributed by atoms with Crippen LogP contribution in [0.3, 0.4) is 0 Å². The van der Waals surface area contributed by atoms with Gasteiger partial charge in [0.25, 0.3) is 5.91 Å². The lowest BCUT2D eigenvalue weighted by atomic mass is 9.90. The molecule has 10 heteroatoms. The number of rotatable bonds is 1. The Hall–Kier alpha value is -2.78. The van der Waals surface area contributed by atoms with E-state index in [9.17, 15) is 27.6 Å². The van der Waals surface area contributed by atoms with Gasteiger partial charge < -0.3 is 15.0 Å². The second kappa shape index (κ2) is 7.48. The molecule has 2 saturated heterocycles.